The van der Waals surface area contributed by atoms with Gasteiger partial charge >= 0.3 is 20.0 Å². The Labute approximate surface area is 107 Å². The Morgan fingerprint density at radius 2 is 1.07 bits per heavy atom. The van der Waals surface area contributed by atoms with Crippen LogP contribution in [-0.4, -0.2) is 0 Å². The van der Waals surface area contributed by atoms with Gasteiger partial charge in [0.1, 0.15) is 0 Å². The first-order chi connectivity index (χ1) is 5.55. The summed E-state index contributed by atoms with van der Waals surface area (Å²) in [6, 6.07) is 0. The van der Waals surface area contributed by atoms with Crippen molar-refractivity contribution in [1.29, 1.82) is 0 Å². The third-order valence-corrected chi connectivity index (χ3v) is 2.81. The van der Waals surface area contributed by atoms with Crippen molar-refractivity contribution in [1.82, 2.24) is 0 Å². The summed E-state index contributed by atoms with van der Waals surface area (Å²) >= 11 is 1.38. The quantitative estimate of drug-likeness (QED) is 0.661. The summed E-state index contributed by atoms with van der Waals surface area (Å²) in [5, 5.41) is 0. The van der Waals surface area contributed by atoms with Crippen LogP contribution in [0.5, 0.6) is 0 Å². The van der Waals surface area contributed by atoms with E-state index in [0.717, 1.165) is 0 Å². The first-order valence-electron chi connectivity index (χ1n) is 3.92. The molecule has 0 aliphatic carbocycles. The molecule has 0 fully saturated rings. The second kappa shape index (κ2) is 8.56. The van der Waals surface area contributed by atoms with Crippen molar-refractivity contribution in [3.8, 4) is 0 Å². The van der Waals surface area contributed by atoms with Gasteiger partial charge in [0.05, 0.1) is 0 Å². The Balaban J connectivity index is -0.000000284. The molecule has 1 nitrogen and oxygen atoms in total. The van der Waals surface area contributed by atoms with Crippen molar-refractivity contribution in [2.75, 3.05) is 0 Å². The molecule has 0 aromatic heterocycles. The van der Waals surface area contributed by atoms with Crippen molar-refractivity contribution < 1.29 is 20.0 Å². The first kappa shape index (κ1) is 19.8. The minimum atomic E-state index is 0. The molecular formula is C10H17Cl2CrO-. The van der Waals surface area contributed by atoms with E-state index in [1.807, 2.05) is 0 Å². The fourth-order valence-corrected chi connectivity index (χ4v) is 1.41. The van der Waals surface area contributed by atoms with E-state index < -0.39 is 0 Å². The Morgan fingerprint density at radius 1 is 0.857 bits per heavy atom. The van der Waals surface area contributed by atoms with E-state index in [1.54, 1.807) is 0 Å². The Hall–Kier alpha value is 0.262. The molecule has 1 rings (SSSR count). The second-order valence-corrected chi connectivity index (χ2v) is 3.12. The van der Waals surface area contributed by atoms with Crippen LogP contribution < -0.4 is 0 Å². The maximum atomic E-state index is 8.12. The summed E-state index contributed by atoms with van der Waals surface area (Å²) in [5.41, 5.74) is 7.34. The van der Waals surface area contributed by atoms with Crippen molar-refractivity contribution in [2.45, 2.75) is 34.6 Å². The fraction of sp³-hybridized carbons (Fsp3) is 0.500. The molecule has 0 spiro atoms. The molecule has 0 radical (unpaired) electrons. The van der Waals surface area contributed by atoms with Gasteiger partial charge in [-0.15, -0.1) is 24.8 Å². The predicted octanol–water partition coefficient (Wildman–Crippen LogP) is 3.67. The third-order valence-electron chi connectivity index (χ3n) is 2.81. The zero-order valence-electron chi connectivity index (χ0n) is 9.13. The van der Waals surface area contributed by atoms with E-state index in [-0.39, 0.29) is 24.8 Å². The molecule has 14 heavy (non-hydrogen) atoms. The van der Waals surface area contributed by atoms with Gasteiger partial charge in [-0.1, -0.05) is 34.6 Å². The van der Waals surface area contributed by atoms with Crippen molar-refractivity contribution in [2.24, 2.45) is 0 Å². The maximum absolute atomic E-state index is 8.12. The molecule has 0 atom stereocenters. The van der Waals surface area contributed by atoms with E-state index >= 15 is 0 Å². The molecule has 0 unspecified atom stereocenters. The number of halogens is 2. The van der Waals surface area contributed by atoms with Crippen LogP contribution >= 0.6 is 24.8 Å². The Morgan fingerprint density at radius 3 is 1.14 bits per heavy atom. The summed E-state index contributed by atoms with van der Waals surface area (Å²) in [4.78, 5) is 0. The topological polar surface area (TPSA) is 17.1 Å². The van der Waals surface area contributed by atoms with Crippen LogP contribution in [0, 0.1) is 34.6 Å². The van der Waals surface area contributed by atoms with E-state index in [4.69, 9.17) is 3.80 Å². The summed E-state index contributed by atoms with van der Waals surface area (Å²) in [6.45, 7) is 11.0. The van der Waals surface area contributed by atoms with Gasteiger partial charge in [-0.25, -0.2) is 0 Å². The van der Waals surface area contributed by atoms with Crippen molar-refractivity contribution >= 4 is 24.8 Å². The van der Waals surface area contributed by atoms with Gasteiger partial charge < -0.3 is 0 Å². The molecule has 84 valence electrons. The molecule has 0 heterocycles. The SMILES string of the molecule is Cc1c(C)c(C)[c-](C)c1C.Cl.Cl.[O]=[Cr]. The van der Waals surface area contributed by atoms with E-state index in [0.29, 0.717) is 0 Å². The van der Waals surface area contributed by atoms with Crippen LogP contribution in [0.4, 0.5) is 0 Å². The zero-order chi connectivity index (χ0) is 9.89. The van der Waals surface area contributed by atoms with Crippen LogP contribution in [0.2, 0.25) is 0 Å². The molecule has 1 aromatic rings. The van der Waals surface area contributed by atoms with E-state index in [9.17, 15) is 0 Å². The van der Waals surface area contributed by atoms with Crippen molar-refractivity contribution in [3.05, 3.63) is 27.8 Å². The second-order valence-electron chi connectivity index (χ2n) is 3.12. The fourth-order valence-electron chi connectivity index (χ4n) is 1.41. The van der Waals surface area contributed by atoms with Gasteiger partial charge in [-0.3, -0.25) is 0 Å². The molecule has 0 aliphatic rings. The van der Waals surface area contributed by atoms with Crippen LogP contribution in [0.1, 0.15) is 27.8 Å². The molecule has 0 N–H and O–H groups in total. The molecular weight excluding hydrogens is 259 g/mol. The van der Waals surface area contributed by atoms with Crippen LogP contribution in [-0.2, 0) is 20.0 Å². The van der Waals surface area contributed by atoms with Gasteiger partial charge in [0.2, 0.25) is 0 Å². The minimum absolute atomic E-state index is 0. The van der Waals surface area contributed by atoms with Gasteiger partial charge in [0, 0.05) is 0 Å². The van der Waals surface area contributed by atoms with Crippen LogP contribution in [0.3, 0.4) is 0 Å². The monoisotopic (exact) mass is 275 g/mol. The molecule has 0 bridgehead atoms. The molecule has 4 heteroatoms. The summed E-state index contributed by atoms with van der Waals surface area (Å²) in [7, 11) is 0. The molecule has 1 aromatic carbocycles. The molecule has 0 saturated carbocycles. The first-order valence-corrected chi connectivity index (χ1v) is 4.44. The summed E-state index contributed by atoms with van der Waals surface area (Å²) in [6.07, 6.45) is 0. The number of hydrogen-bond acceptors (Lipinski definition) is 1. The Kier molecular flexibility index (Phi) is 12.1. The zero-order valence-corrected chi connectivity index (χ0v) is 12.0. The average Bonchev–Trinajstić information content (AvgIpc) is 2.27. The molecule has 0 amide bonds. The average molecular weight is 276 g/mol. The van der Waals surface area contributed by atoms with Crippen LogP contribution in [0.15, 0.2) is 0 Å². The van der Waals surface area contributed by atoms with E-state index in [2.05, 4.69) is 34.6 Å². The Bertz CT molecular complexity index is 202. The van der Waals surface area contributed by atoms with Crippen LogP contribution in [0.25, 0.3) is 0 Å². The third kappa shape index (κ3) is 3.79. The normalized spacial score (nSPS) is 7.79. The standard InChI is InChI=1S/C10H15.2ClH.Cr.O/c1-6-7(2)9(4)10(5)8(6)3;;;;/h1-5H3;2*1H;;/q-1;;;;. The van der Waals surface area contributed by atoms with E-state index in [1.165, 1.54) is 44.0 Å². The van der Waals surface area contributed by atoms with Crippen molar-refractivity contribution in [3.63, 3.8) is 0 Å². The summed E-state index contributed by atoms with van der Waals surface area (Å²) in [5.74, 6) is 0. The molecule has 0 saturated heterocycles. The van der Waals surface area contributed by atoms with Gasteiger partial charge in [0.15, 0.2) is 0 Å². The van der Waals surface area contributed by atoms with Gasteiger partial charge in [-0.05, 0) is 0 Å². The van der Waals surface area contributed by atoms with Gasteiger partial charge in [0.25, 0.3) is 0 Å². The summed E-state index contributed by atoms with van der Waals surface area (Å²) < 4.78 is 8.12. The number of hydrogen-bond donors (Lipinski definition) is 0. The molecule has 0 aliphatic heterocycles. The van der Waals surface area contributed by atoms with Gasteiger partial charge in [-0.2, -0.15) is 27.8 Å². The number of rotatable bonds is 0. The predicted molar refractivity (Wildman–Crippen MR) is 60.9 cm³/mol.